The van der Waals surface area contributed by atoms with Crippen LogP contribution in [0.1, 0.15) is 0 Å². The van der Waals surface area contributed by atoms with E-state index in [1.54, 1.807) is 6.20 Å². The summed E-state index contributed by atoms with van der Waals surface area (Å²) in [5.41, 5.74) is 2.51. The van der Waals surface area contributed by atoms with Crippen LogP contribution in [0.4, 0.5) is 16.3 Å². The first-order chi connectivity index (χ1) is 14.6. The van der Waals surface area contributed by atoms with Gasteiger partial charge < -0.3 is 15.0 Å². The lowest BCUT2D eigenvalue weighted by Gasteiger charge is -2.11. The van der Waals surface area contributed by atoms with Crippen LogP contribution in [0.3, 0.4) is 0 Å². The van der Waals surface area contributed by atoms with Gasteiger partial charge in [-0.05, 0) is 42.0 Å². The molecule has 1 heterocycles. The zero-order chi connectivity index (χ0) is 20.9. The van der Waals surface area contributed by atoms with E-state index in [0.29, 0.717) is 11.5 Å². The maximum absolute atomic E-state index is 12.6. The third-order valence-corrected chi connectivity index (χ3v) is 4.50. The molecule has 6 heteroatoms. The minimum Gasteiger partial charge on any atom is -0.457 e. The lowest BCUT2D eigenvalue weighted by atomic mass is 10.1. The van der Waals surface area contributed by atoms with Gasteiger partial charge in [-0.2, -0.15) is 4.68 Å². The number of ether oxygens (including phenoxy) is 1. The quantitative estimate of drug-likeness (QED) is 0.483. The van der Waals surface area contributed by atoms with Gasteiger partial charge in [0, 0.05) is 31.5 Å². The Morgan fingerprint density at radius 1 is 0.867 bits per heavy atom. The lowest BCUT2D eigenvalue weighted by Crippen LogP contribution is -2.20. The first-order valence-corrected chi connectivity index (χ1v) is 9.57. The first-order valence-electron chi connectivity index (χ1n) is 9.57. The molecule has 0 spiro atoms. The number of nitrogens with zero attached hydrogens (tertiary/aromatic N) is 3. The second kappa shape index (κ2) is 8.53. The van der Waals surface area contributed by atoms with Crippen LogP contribution < -0.4 is 15.0 Å². The standard InChI is InChI=1S/C24H22N4O2/c1-27(2)23-22(17-28(26-23)24(29)25-19-9-5-3-6-10-19)18-13-15-21(16-14-18)30-20-11-7-4-8-12-20/h3-17H,1-2H3,(H,25,29). The van der Waals surface area contributed by atoms with Crippen LogP contribution in [0.5, 0.6) is 11.5 Å². The Morgan fingerprint density at radius 3 is 2.10 bits per heavy atom. The van der Waals surface area contributed by atoms with Gasteiger partial charge in [0.1, 0.15) is 11.5 Å². The van der Waals surface area contributed by atoms with E-state index in [2.05, 4.69) is 10.4 Å². The molecule has 4 rings (SSSR count). The molecular formula is C24H22N4O2. The van der Waals surface area contributed by atoms with Crippen molar-refractivity contribution >= 4 is 17.5 Å². The van der Waals surface area contributed by atoms with Crippen LogP contribution in [0.15, 0.2) is 91.1 Å². The number of carbonyl (C=O) groups excluding carboxylic acids is 1. The molecule has 0 aliphatic rings. The van der Waals surface area contributed by atoms with Gasteiger partial charge in [0.15, 0.2) is 5.82 Å². The van der Waals surface area contributed by atoms with E-state index < -0.39 is 0 Å². The second-order valence-corrected chi connectivity index (χ2v) is 6.94. The highest BCUT2D eigenvalue weighted by Gasteiger charge is 2.17. The third-order valence-electron chi connectivity index (χ3n) is 4.50. The molecule has 30 heavy (non-hydrogen) atoms. The minimum absolute atomic E-state index is 0.320. The largest absolute Gasteiger partial charge is 0.457 e. The highest BCUT2D eigenvalue weighted by Crippen LogP contribution is 2.31. The molecule has 0 aliphatic heterocycles. The molecule has 0 fully saturated rings. The van der Waals surface area contributed by atoms with Crippen molar-refractivity contribution in [3.8, 4) is 22.6 Å². The summed E-state index contributed by atoms with van der Waals surface area (Å²) in [4.78, 5) is 14.5. The Hall–Kier alpha value is -4.06. The number of carbonyl (C=O) groups is 1. The lowest BCUT2D eigenvalue weighted by molar-refractivity contribution is 0.251. The second-order valence-electron chi connectivity index (χ2n) is 6.94. The molecule has 0 bridgehead atoms. The molecule has 0 radical (unpaired) electrons. The van der Waals surface area contributed by atoms with Crippen molar-refractivity contribution in [2.75, 3.05) is 24.3 Å². The van der Waals surface area contributed by atoms with Gasteiger partial charge in [-0.15, -0.1) is 5.10 Å². The molecule has 6 nitrogen and oxygen atoms in total. The van der Waals surface area contributed by atoms with Crippen molar-refractivity contribution in [2.24, 2.45) is 0 Å². The van der Waals surface area contributed by atoms with Crippen LogP contribution in [0.25, 0.3) is 11.1 Å². The van der Waals surface area contributed by atoms with Crippen LogP contribution in [-0.2, 0) is 0 Å². The summed E-state index contributed by atoms with van der Waals surface area (Å²) in [5.74, 6) is 2.23. The summed E-state index contributed by atoms with van der Waals surface area (Å²) in [6.45, 7) is 0. The van der Waals surface area contributed by atoms with Gasteiger partial charge in [0.2, 0.25) is 0 Å². The number of benzene rings is 3. The summed E-state index contributed by atoms with van der Waals surface area (Å²) >= 11 is 0. The number of hydrogen-bond acceptors (Lipinski definition) is 4. The molecule has 1 aromatic heterocycles. The number of amides is 1. The molecule has 0 saturated carbocycles. The number of rotatable bonds is 5. The maximum atomic E-state index is 12.6. The zero-order valence-corrected chi connectivity index (χ0v) is 16.8. The highest BCUT2D eigenvalue weighted by molar-refractivity contribution is 5.92. The SMILES string of the molecule is CN(C)c1nn(C(=O)Nc2ccccc2)cc1-c1ccc(Oc2ccccc2)cc1. The van der Waals surface area contributed by atoms with E-state index in [0.717, 1.165) is 22.6 Å². The molecule has 150 valence electrons. The number of aromatic nitrogens is 2. The first kappa shape index (κ1) is 19.3. The Balaban J connectivity index is 1.58. The average Bonchev–Trinajstić information content (AvgIpc) is 3.22. The van der Waals surface area contributed by atoms with Gasteiger partial charge in [-0.1, -0.05) is 48.5 Å². The predicted molar refractivity (Wildman–Crippen MR) is 119 cm³/mol. The van der Waals surface area contributed by atoms with Crippen molar-refractivity contribution in [2.45, 2.75) is 0 Å². The van der Waals surface area contributed by atoms with E-state index in [1.165, 1.54) is 4.68 Å². The van der Waals surface area contributed by atoms with Gasteiger partial charge in [-0.25, -0.2) is 4.79 Å². The summed E-state index contributed by atoms with van der Waals surface area (Å²) in [6.07, 6.45) is 1.74. The average molecular weight is 398 g/mol. The fraction of sp³-hybridized carbons (Fsp3) is 0.0833. The molecule has 0 aliphatic carbocycles. The van der Waals surface area contributed by atoms with E-state index in [-0.39, 0.29) is 6.03 Å². The summed E-state index contributed by atoms with van der Waals surface area (Å²) < 4.78 is 7.19. The smallest absolute Gasteiger partial charge is 0.346 e. The fourth-order valence-corrected chi connectivity index (χ4v) is 3.03. The van der Waals surface area contributed by atoms with E-state index in [1.807, 2.05) is 104 Å². The van der Waals surface area contributed by atoms with Crippen LogP contribution in [-0.4, -0.2) is 29.9 Å². The van der Waals surface area contributed by atoms with Gasteiger partial charge in [0.25, 0.3) is 0 Å². The van der Waals surface area contributed by atoms with E-state index in [4.69, 9.17) is 4.74 Å². The fourth-order valence-electron chi connectivity index (χ4n) is 3.03. The van der Waals surface area contributed by atoms with Crippen LogP contribution >= 0.6 is 0 Å². The van der Waals surface area contributed by atoms with Gasteiger partial charge >= 0.3 is 6.03 Å². The Bertz CT molecular complexity index is 1120. The minimum atomic E-state index is -0.320. The van der Waals surface area contributed by atoms with Crippen LogP contribution in [0.2, 0.25) is 0 Å². The molecular weight excluding hydrogens is 376 g/mol. The molecule has 4 aromatic rings. The van der Waals surface area contributed by atoms with Crippen molar-refractivity contribution in [1.29, 1.82) is 0 Å². The summed E-state index contributed by atoms with van der Waals surface area (Å²) in [5, 5.41) is 7.32. The molecule has 3 aromatic carbocycles. The monoisotopic (exact) mass is 398 g/mol. The van der Waals surface area contributed by atoms with Gasteiger partial charge in [0.05, 0.1) is 0 Å². The number of hydrogen-bond donors (Lipinski definition) is 1. The zero-order valence-electron chi connectivity index (χ0n) is 16.8. The molecule has 0 atom stereocenters. The van der Waals surface area contributed by atoms with E-state index >= 15 is 0 Å². The molecule has 1 amide bonds. The van der Waals surface area contributed by atoms with E-state index in [9.17, 15) is 4.79 Å². The van der Waals surface area contributed by atoms with Crippen LogP contribution in [0, 0.1) is 0 Å². The number of nitrogens with one attached hydrogen (secondary N) is 1. The van der Waals surface area contributed by atoms with Gasteiger partial charge in [-0.3, -0.25) is 0 Å². The Labute approximate surface area is 175 Å². The molecule has 0 saturated heterocycles. The summed E-state index contributed by atoms with van der Waals surface area (Å²) in [7, 11) is 3.80. The summed E-state index contributed by atoms with van der Waals surface area (Å²) in [6, 6.07) is 26.4. The Kier molecular flexibility index (Phi) is 5.48. The van der Waals surface area contributed by atoms with Crippen molar-refractivity contribution in [3.05, 3.63) is 91.1 Å². The maximum Gasteiger partial charge on any atom is 0.346 e. The van der Waals surface area contributed by atoms with Crippen molar-refractivity contribution in [3.63, 3.8) is 0 Å². The van der Waals surface area contributed by atoms with Crippen molar-refractivity contribution in [1.82, 2.24) is 9.78 Å². The Morgan fingerprint density at radius 2 is 1.47 bits per heavy atom. The normalized spacial score (nSPS) is 10.5. The topological polar surface area (TPSA) is 59.4 Å². The number of anilines is 2. The predicted octanol–water partition coefficient (Wildman–Crippen LogP) is 5.49. The third kappa shape index (κ3) is 4.33. The van der Waals surface area contributed by atoms with Crippen molar-refractivity contribution < 1.29 is 9.53 Å². The highest BCUT2D eigenvalue weighted by atomic mass is 16.5. The molecule has 1 N–H and O–H groups in total. The number of para-hydroxylation sites is 2. The molecule has 0 unspecified atom stereocenters.